The molecule has 1 atom stereocenters. The average Bonchev–Trinajstić information content (AvgIpc) is 3.16. The maximum atomic E-state index is 13.5. The van der Waals surface area contributed by atoms with Crippen LogP contribution in [0.1, 0.15) is 31.4 Å². The van der Waals surface area contributed by atoms with Crippen LogP contribution in [0.25, 0.3) is 0 Å². The molecule has 0 aliphatic carbocycles. The maximum absolute atomic E-state index is 13.5. The van der Waals surface area contributed by atoms with Gasteiger partial charge in [0.05, 0.1) is 7.11 Å². The molecule has 5 nitrogen and oxygen atoms in total. The molecule has 1 N–H and O–H groups in total. The van der Waals surface area contributed by atoms with E-state index in [1.165, 1.54) is 32.1 Å². The van der Waals surface area contributed by atoms with Crippen LogP contribution in [0.15, 0.2) is 47.4 Å². The van der Waals surface area contributed by atoms with Gasteiger partial charge in [0.2, 0.25) is 10.0 Å². The lowest BCUT2D eigenvalue weighted by molar-refractivity contribution is 0.400. The van der Waals surface area contributed by atoms with Crippen LogP contribution in [0.5, 0.6) is 5.75 Å². The first-order chi connectivity index (χ1) is 12.4. The summed E-state index contributed by atoms with van der Waals surface area (Å²) in [4.78, 5) is 2.11. The summed E-state index contributed by atoms with van der Waals surface area (Å²) in [5.74, 6) is -0.524. The molecule has 1 heterocycles. The Morgan fingerprint density at radius 2 is 1.77 bits per heavy atom. The molecule has 0 radical (unpaired) electrons. The second-order valence-corrected chi connectivity index (χ2v) is 8.11. The number of nitrogens with one attached hydrogen (secondary N) is 1. The highest BCUT2D eigenvalue weighted by atomic mass is 32.2. The smallest absolute Gasteiger partial charge is 0.244 e. The van der Waals surface area contributed by atoms with Crippen molar-refractivity contribution in [2.45, 2.75) is 30.7 Å². The molecule has 7 heteroatoms. The molecule has 3 rings (SSSR count). The van der Waals surface area contributed by atoms with E-state index in [9.17, 15) is 12.8 Å². The molecule has 0 bridgehead atoms. The Hall–Kier alpha value is -2.12. The Morgan fingerprint density at radius 3 is 2.38 bits per heavy atom. The van der Waals surface area contributed by atoms with Crippen molar-refractivity contribution in [1.29, 1.82) is 0 Å². The van der Waals surface area contributed by atoms with Gasteiger partial charge in [0.25, 0.3) is 0 Å². The van der Waals surface area contributed by atoms with Crippen molar-refractivity contribution in [3.8, 4) is 5.75 Å². The van der Waals surface area contributed by atoms with E-state index in [1.807, 2.05) is 24.3 Å². The zero-order valence-corrected chi connectivity index (χ0v) is 15.7. The topological polar surface area (TPSA) is 58.6 Å². The maximum Gasteiger partial charge on any atom is 0.244 e. The Kier molecular flexibility index (Phi) is 5.48. The van der Waals surface area contributed by atoms with E-state index in [0.29, 0.717) is 0 Å². The standard InChI is InChI=1S/C19H23FN2O3S/c1-14(15-5-8-17(9-6-15)22-11-3-4-12-22)21-26(23,24)19-13-16(20)7-10-18(19)25-2/h5-10,13-14,21H,3-4,11-12H2,1-2H3/t14-/m0/s1. The zero-order chi connectivity index (χ0) is 18.7. The molecule has 140 valence electrons. The van der Waals surface area contributed by atoms with Crippen LogP contribution < -0.4 is 14.4 Å². The van der Waals surface area contributed by atoms with E-state index in [0.717, 1.165) is 30.4 Å². The number of sulfonamides is 1. The third-order valence-electron chi connectivity index (χ3n) is 4.61. The number of halogens is 1. The molecule has 1 aliphatic heterocycles. The first kappa shape index (κ1) is 18.7. The minimum Gasteiger partial charge on any atom is -0.495 e. The zero-order valence-electron chi connectivity index (χ0n) is 14.9. The molecule has 0 unspecified atom stereocenters. The molecule has 1 fully saturated rings. The summed E-state index contributed by atoms with van der Waals surface area (Å²) >= 11 is 0. The minimum atomic E-state index is -3.92. The van der Waals surface area contributed by atoms with Crippen LogP contribution in [-0.2, 0) is 10.0 Å². The number of anilines is 1. The lowest BCUT2D eigenvalue weighted by Gasteiger charge is -2.20. The Labute approximate surface area is 153 Å². The van der Waals surface area contributed by atoms with Crippen molar-refractivity contribution in [3.05, 3.63) is 53.8 Å². The largest absolute Gasteiger partial charge is 0.495 e. The van der Waals surface area contributed by atoms with E-state index in [4.69, 9.17) is 4.74 Å². The summed E-state index contributed by atoms with van der Waals surface area (Å²) in [7, 11) is -2.57. The van der Waals surface area contributed by atoms with Crippen LogP contribution in [-0.4, -0.2) is 28.6 Å². The number of ether oxygens (including phenoxy) is 1. The number of hydrogen-bond donors (Lipinski definition) is 1. The Balaban J connectivity index is 1.78. The highest BCUT2D eigenvalue weighted by Gasteiger charge is 2.23. The normalized spacial score (nSPS) is 15.9. The van der Waals surface area contributed by atoms with Gasteiger partial charge in [-0.2, -0.15) is 0 Å². The monoisotopic (exact) mass is 378 g/mol. The number of rotatable bonds is 6. The molecule has 0 spiro atoms. The fourth-order valence-corrected chi connectivity index (χ4v) is 4.59. The lowest BCUT2D eigenvalue weighted by atomic mass is 10.1. The van der Waals surface area contributed by atoms with Gasteiger partial charge in [-0.25, -0.2) is 17.5 Å². The quantitative estimate of drug-likeness (QED) is 0.836. The van der Waals surface area contributed by atoms with E-state index in [1.54, 1.807) is 6.92 Å². The van der Waals surface area contributed by atoms with Gasteiger partial charge in [-0.15, -0.1) is 0 Å². The molecular weight excluding hydrogens is 355 g/mol. The van der Waals surface area contributed by atoms with Crippen molar-refractivity contribution in [1.82, 2.24) is 4.72 Å². The highest BCUT2D eigenvalue weighted by Crippen LogP contribution is 2.27. The molecule has 0 saturated carbocycles. The predicted octanol–water partition coefficient (Wildman–Crippen LogP) is 3.47. The van der Waals surface area contributed by atoms with Gasteiger partial charge in [0.1, 0.15) is 16.5 Å². The summed E-state index contributed by atoms with van der Waals surface area (Å²) in [6.45, 7) is 3.87. The molecule has 26 heavy (non-hydrogen) atoms. The van der Waals surface area contributed by atoms with Crippen LogP contribution in [0, 0.1) is 5.82 Å². The van der Waals surface area contributed by atoms with Crippen LogP contribution in [0.3, 0.4) is 0 Å². The van der Waals surface area contributed by atoms with Crippen molar-refractivity contribution in [2.24, 2.45) is 0 Å². The fraction of sp³-hybridized carbons (Fsp3) is 0.368. The number of nitrogens with zero attached hydrogens (tertiary/aromatic N) is 1. The first-order valence-corrected chi connectivity index (χ1v) is 10.1. The van der Waals surface area contributed by atoms with Gasteiger partial charge in [-0.05, 0) is 55.7 Å². The van der Waals surface area contributed by atoms with Crippen molar-refractivity contribution in [2.75, 3.05) is 25.1 Å². The summed E-state index contributed by atoms with van der Waals surface area (Å²) in [6, 6.07) is 10.8. The van der Waals surface area contributed by atoms with Gasteiger partial charge in [-0.3, -0.25) is 0 Å². The predicted molar refractivity (Wildman–Crippen MR) is 99.6 cm³/mol. The first-order valence-electron chi connectivity index (χ1n) is 8.61. The average molecular weight is 378 g/mol. The van der Waals surface area contributed by atoms with Gasteiger partial charge in [-0.1, -0.05) is 12.1 Å². The summed E-state index contributed by atoms with van der Waals surface area (Å²) in [6.07, 6.45) is 2.40. The van der Waals surface area contributed by atoms with Crippen LogP contribution in [0.2, 0.25) is 0 Å². The molecular formula is C19H23FN2O3S. The van der Waals surface area contributed by atoms with E-state index < -0.39 is 21.9 Å². The van der Waals surface area contributed by atoms with Gasteiger partial charge in [0, 0.05) is 24.8 Å². The molecule has 1 saturated heterocycles. The highest BCUT2D eigenvalue weighted by molar-refractivity contribution is 7.89. The van der Waals surface area contributed by atoms with Crippen molar-refractivity contribution in [3.63, 3.8) is 0 Å². The summed E-state index contributed by atoms with van der Waals surface area (Å²) in [5, 5.41) is 0. The second-order valence-electron chi connectivity index (χ2n) is 6.42. The SMILES string of the molecule is COc1ccc(F)cc1S(=O)(=O)N[C@@H](C)c1ccc(N2CCCC2)cc1. The van der Waals surface area contributed by atoms with Crippen molar-refractivity contribution < 1.29 is 17.5 Å². The fourth-order valence-electron chi connectivity index (χ4n) is 3.17. The number of hydrogen-bond acceptors (Lipinski definition) is 4. The third-order valence-corrected chi connectivity index (χ3v) is 6.17. The lowest BCUT2D eigenvalue weighted by Crippen LogP contribution is -2.27. The summed E-state index contributed by atoms with van der Waals surface area (Å²) < 4.78 is 46.5. The van der Waals surface area contributed by atoms with E-state index in [-0.39, 0.29) is 10.6 Å². The summed E-state index contributed by atoms with van der Waals surface area (Å²) in [5.41, 5.74) is 1.99. The molecule has 1 aliphatic rings. The van der Waals surface area contributed by atoms with E-state index in [2.05, 4.69) is 9.62 Å². The Bertz CT molecular complexity index is 863. The van der Waals surface area contributed by atoms with Crippen molar-refractivity contribution >= 4 is 15.7 Å². The minimum absolute atomic E-state index is 0.107. The van der Waals surface area contributed by atoms with E-state index >= 15 is 0 Å². The van der Waals surface area contributed by atoms with Gasteiger partial charge >= 0.3 is 0 Å². The Morgan fingerprint density at radius 1 is 1.12 bits per heavy atom. The van der Waals surface area contributed by atoms with Gasteiger partial charge < -0.3 is 9.64 Å². The molecule has 2 aromatic rings. The van der Waals surface area contributed by atoms with Crippen LogP contribution in [0.4, 0.5) is 10.1 Å². The third kappa shape index (κ3) is 3.99. The molecule has 0 amide bonds. The number of methoxy groups -OCH3 is 1. The van der Waals surface area contributed by atoms with Gasteiger partial charge in [0.15, 0.2) is 0 Å². The molecule has 0 aromatic heterocycles. The number of benzene rings is 2. The second kappa shape index (κ2) is 7.63. The van der Waals surface area contributed by atoms with Crippen LogP contribution >= 0.6 is 0 Å². The molecule has 2 aromatic carbocycles.